The van der Waals surface area contributed by atoms with Crippen molar-refractivity contribution < 1.29 is 18.9 Å². The van der Waals surface area contributed by atoms with Gasteiger partial charge in [0.15, 0.2) is 0 Å². The Bertz CT molecular complexity index is 730. The van der Waals surface area contributed by atoms with Crippen molar-refractivity contribution in [1.82, 2.24) is 10.6 Å². The molecule has 8 nitrogen and oxygen atoms in total. The van der Waals surface area contributed by atoms with Crippen LogP contribution in [0.5, 0.6) is 0 Å². The van der Waals surface area contributed by atoms with E-state index in [1.807, 2.05) is 0 Å². The predicted molar refractivity (Wildman–Crippen MR) is 81.0 cm³/mol. The second kappa shape index (κ2) is 7.41. The maximum absolute atomic E-state index is 11.9. The average Bonchev–Trinajstić information content (AvgIpc) is 3.03. The third-order valence-electron chi connectivity index (χ3n) is 2.86. The molecular formula is C14H12ClN3O5. The highest BCUT2D eigenvalue weighted by molar-refractivity contribution is 6.33. The van der Waals surface area contributed by atoms with Crippen LogP contribution in [0.25, 0.3) is 0 Å². The molecule has 0 aliphatic heterocycles. The van der Waals surface area contributed by atoms with Gasteiger partial charge in [-0.05, 0) is 24.3 Å². The van der Waals surface area contributed by atoms with Crippen molar-refractivity contribution in [1.29, 1.82) is 0 Å². The number of benzene rings is 1. The number of furan rings is 1. The first-order valence-electron chi connectivity index (χ1n) is 6.48. The number of carbonyl (C=O) groups is 2. The molecule has 0 spiro atoms. The summed E-state index contributed by atoms with van der Waals surface area (Å²) in [6, 6.07) is 6.98. The smallest absolute Gasteiger partial charge is 0.287 e. The van der Waals surface area contributed by atoms with Gasteiger partial charge in [0, 0.05) is 11.6 Å². The molecule has 120 valence electrons. The quantitative estimate of drug-likeness (QED) is 0.617. The number of halogens is 1. The van der Waals surface area contributed by atoms with Crippen molar-refractivity contribution in [2.24, 2.45) is 0 Å². The lowest BCUT2D eigenvalue weighted by atomic mass is 10.2. The van der Waals surface area contributed by atoms with Crippen LogP contribution in [0.1, 0.15) is 16.1 Å². The molecule has 2 aromatic rings. The third kappa shape index (κ3) is 4.55. The van der Waals surface area contributed by atoms with E-state index < -0.39 is 16.7 Å². The van der Waals surface area contributed by atoms with Crippen LogP contribution in [-0.4, -0.2) is 23.3 Å². The number of carbonyl (C=O) groups excluding carboxylic acids is 2. The molecule has 0 aliphatic rings. The standard InChI is InChI=1S/C14H12ClN3O5/c15-11-6-9(3-4-12(11)18(21)22)14(20)17-8-13(19)16-7-10-2-1-5-23-10/h1-6H,7-8H2,(H,16,19)(H,17,20). The van der Waals surface area contributed by atoms with E-state index in [9.17, 15) is 19.7 Å². The number of rotatable bonds is 6. The Morgan fingerprint density at radius 3 is 2.65 bits per heavy atom. The number of nitro benzene ring substituents is 1. The first kappa shape index (κ1) is 16.5. The van der Waals surface area contributed by atoms with Crippen LogP contribution >= 0.6 is 11.6 Å². The monoisotopic (exact) mass is 337 g/mol. The van der Waals surface area contributed by atoms with Gasteiger partial charge in [-0.1, -0.05) is 11.6 Å². The van der Waals surface area contributed by atoms with Crippen LogP contribution in [0.15, 0.2) is 41.0 Å². The Kier molecular flexibility index (Phi) is 5.32. The van der Waals surface area contributed by atoms with E-state index in [2.05, 4.69) is 10.6 Å². The summed E-state index contributed by atoms with van der Waals surface area (Å²) in [5.41, 5.74) is -0.168. The predicted octanol–water partition coefficient (Wildman–Crippen LogP) is 1.89. The van der Waals surface area contributed by atoms with Crippen molar-refractivity contribution in [2.75, 3.05) is 6.54 Å². The van der Waals surface area contributed by atoms with Gasteiger partial charge >= 0.3 is 0 Å². The zero-order valence-corrected chi connectivity index (χ0v) is 12.5. The van der Waals surface area contributed by atoms with Gasteiger partial charge in [0.05, 0.1) is 24.3 Å². The van der Waals surface area contributed by atoms with Crippen LogP contribution in [-0.2, 0) is 11.3 Å². The largest absolute Gasteiger partial charge is 0.467 e. The van der Waals surface area contributed by atoms with Gasteiger partial charge in [-0.25, -0.2) is 0 Å². The van der Waals surface area contributed by atoms with Crippen LogP contribution < -0.4 is 10.6 Å². The number of hydrogen-bond donors (Lipinski definition) is 2. The molecule has 0 aliphatic carbocycles. The zero-order valence-electron chi connectivity index (χ0n) is 11.7. The lowest BCUT2D eigenvalue weighted by molar-refractivity contribution is -0.384. The van der Waals surface area contributed by atoms with Crippen molar-refractivity contribution in [3.8, 4) is 0 Å². The summed E-state index contributed by atoms with van der Waals surface area (Å²) in [4.78, 5) is 33.5. The van der Waals surface area contributed by atoms with E-state index in [0.29, 0.717) is 5.76 Å². The summed E-state index contributed by atoms with van der Waals surface area (Å²) in [7, 11) is 0. The summed E-state index contributed by atoms with van der Waals surface area (Å²) in [6.07, 6.45) is 1.49. The van der Waals surface area contributed by atoms with Crippen molar-refractivity contribution >= 4 is 29.1 Å². The highest BCUT2D eigenvalue weighted by Gasteiger charge is 2.15. The molecule has 9 heteroatoms. The van der Waals surface area contributed by atoms with Gasteiger partial charge in [-0.15, -0.1) is 0 Å². The second-order valence-corrected chi connectivity index (χ2v) is 4.87. The van der Waals surface area contributed by atoms with E-state index in [4.69, 9.17) is 16.0 Å². The van der Waals surface area contributed by atoms with Crippen LogP contribution in [0.2, 0.25) is 5.02 Å². The molecule has 1 aromatic carbocycles. The molecule has 23 heavy (non-hydrogen) atoms. The van der Waals surface area contributed by atoms with Gasteiger partial charge in [-0.3, -0.25) is 19.7 Å². The molecule has 0 bridgehead atoms. The maximum Gasteiger partial charge on any atom is 0.287 e. The maximum atomic E-state index is 11.9. The number of hydrogen-bond acceptors (Lipinski definition) is 5. The van der Waals surface area contributed by atoms with E-state index >= 15 is 0 Å². The van der Waals surface area contributed by atoms with Crippen molar-refractivity contribution in [3.05, 3.63) is 63.1 Å². The Morgan fingerprint density at radius 1 is 1.26 bits per heavy atom. The molecule has 0 atom stereocenters. The Labute approximate surface area is 135 Å². The minimum Gasteiger partial charge on any atom is -0.467 e. The summed E-state index contributed by atoms with van der Waals surface area (Å²) >= 11 is 5.73. The highest BCUT2D eigenvalue weighted by Crippen LogP contribution is 2.24. The summed E-state index contributed by atoms with van der Waals surface area (Å²) in [6.45, 7) is -0.0286. The average molecular weight is 338 g/mol. The van der Waals surface area contributed by atoms with Gasteiger partial charge in [0.1, 0.15) is 10.8 Å². The SMILES string of the molecule is O=C(CNC(=O)c1ccc([N+](=O)[O-])c(Cl)c1)NCc1ccco1. The summed E-state index contributed by atoms with van der Waals surface area (Å²) in [5.74, 6) is -0.371. The molecule has 2 amide bonds. The fourth-order valence-corrected chi connectivity index (χ4v) is 1.97. The summed E-state index contributed by atoms with van der Waals surface area (Å²) < 4.78 is 5.05. The van der Waals surface area contributed by atoms with E-state index in [0.717, 1.165) is 6.07 Å². The number of nitrogens with zero attached hydrogens (tertiary/aromatic N) is 1. The van der Waals surface area contributed by atoms with Gasteiger partial charge in [-0.2, -0.15) is 0 Å². The van der Waals surface area contributed by atoms with E-state index in [1.54, 1.807) is 12.1 Å². The lowest BCUT2D eigenvalue weighted by Gasteiger charge is -2.06. The molecular weight excluding hydrogens is 326 g/mol. The molecule has 0 fully saturated rings. The molecule has 0 saturated heterocycles. The topological polar surface area (TPSA) is 114 Å². The zero-order chi connectivity index (χ0) is 16.8. The third-order valence-corrected chi connectivity index (χ3v) is 3.16. The number of nitrogens with one attached hydrogen (secondary N) is 2. The molecule has 1 heterocycles. The fourth-order valence-electron chi connectivity index (χ4n) is 1.72. The molecule has 1 aromatic heterocycles. The van der Waals surface area contributed by atoms with Crippen molar-refractivity contribution in [3.63, 3.8) is 0 Å². The molecule has 0 saturated carbocycles. The Balaban J connectivity index is 1.85. The second-order valence-electron chi connectivity index (χ2n) is 4.46. The first-order chi connectivity index (χ1) is 11.0. The first-order valence-corrected chi connectivity index (χ1v) is 6.86. The lowest BCUT2D eigenvalue weighted by Crippen LogP contribution is -2.36. The molecule has 2 rings (SSSR count). The van der Waals surface area contributed by atoms with Crippen LogP contribution in [0.4, 0.5) is 5.69 Å². The minimum absolute atomic E-state index is 0.124. The normalized spacial score (nSPS) is 10.1. The summed E-state index contributed by atoms with van der Waals surface area (Å²) in [5, 5.41) is 15.5. The minimum atomic E-state index is -0.647. The Hall–Kier alpha value is -2.87. The molecule has 0 radical (unpaired) electrons. The number of amides is 2. The Morgan fingerprint density at radius 2 is 2.04 bits per heavy atom. The molecule has 2 N–H and O–H groups in total. The van der Waals surface area contributed by atoms with E-state index in [-0.39, 0.29) is 29.4 Å². The van der Waals surface area contributed by atoms with Gasteiger partial charge < -0.3 is 15.1 Å². The van der Waals surface area contributed by atoms with Crippen LogP contribution in [0.3, 0.4) is 0 Å². The highest BCUT2D eigenvalue weighted by atomic mass is 35.5. The van der Waals surface area contributed by atoms with Crippen LogP contribution in [0, 0.1) is 10.1 Å². The molecule has 0 unspecified atom stereocenters. The van der Waals surface area contributed by atoms with E-state index in [1.165, 1.54) is 18.4 Å². The van der Waals surface area contributed by atoms with Gasteiger partial charge in [0.25, 0.3) is 11.6 Å². The van der Waals surface area contributed by atoms with Crippen molar-refractivity contribution in [2.45, 2.75) is 6.54 Å². The number of nitro groups is 1. The van der Waals surface area contributed by atoms with Gasteiger partial charge in [0.2, 0.25) is 5.91 Å². The fraction of sp³-hybridized carbons (Fsp3) is 0.143.